The van der Waals surface area contributed by atoms with Gasteiger partial charge in [0.25, 0.3) is 0 Å². The maximum Gasteiger partial charge on any atom is 0.336 e. The summed E-state index contributed by atoms with van der Waals surface area (Å²) in [6, 6.07) is 23.0. The minimum atomic E-state index is -0.464. The second-order valence-electron chi connectivity index (χ2n) is 7.53. The fourth-order valence-corrected chi connectivity index (χ4v) is 3.18. The number of hydrogen-bond acceptors (Lipinski definition) is 5. The van der Waals surface area contributed by atoms with E-state index in [-0.39, 0.29) is 12.4 Å². The van der Waals surface area contributed by atoms with Crippen LogP contribution >= 0.6 is 0 Å². The predicted octanol–water partition coefficient (Wildman–Crippen LogP) is 5.47. The van der Waals surface area contributed by atoms with Crippen molar-refractivity contribution in [1.29, 1.82) is 0 Å². The summed E-state index contributed by atoms with van der Waals surface area (Å²) in [7, 11) is 0. The van der Waals surface area contributed by atoms with Crippen molar-refractivity contribution >= 4 is 17.8 Å². The lowest BCUT2D eigenvalue weighted by Crippen LogP contribution is -2.03. The van der Waals surface area contributed by atoms with Gasteiger partial charge in [-0.2, -0.15) is 0 Å². The summed E-state index contributed by atoms with van der Waals surface area (Å²) in [5, 5.41) is 8.78. The third kappa shape index (κ3) is 8.05. The van der Waals surface area contributed by atoms with Crippen molar-refractivity contribution in [3.05, 3.63) is 102 Å². The van der Waals surface area contributed by atoms with Crippen molar-refractivity contribution in [3.63, 3.8) is 0 Å². The molecule has 0 radical (unpaired) electrons. The third-order valence-corrected chi connectivity index (χ3v) is 4.98. The van der Waals surface area contributed by atoms with Gasteiger partial charge in [-0.05, 0) is 67.3 Å². The van der Waals surface area contributed by atoms with Crippen LogP contribution in [0.15, 0.2) is 84.9 Å². The molecular weight excluding hydrogens is 416 g/mol. The molecule has 5 heteroatoms. The minimum absolute atomic E-state index is 0.0791. The van der Waals surface area contributed by atoms with Gasteiger partial charge in [0.05, 0.1) is 6.61 Å². The maximum absolute atomic E-state index is 12.7. The first-order chi connectivity index (χ1) is 16.2. The third-order valence-electron chi connectivity index (χ3n) is 4.98. The summed E-state index contributed by atoms with van der Waals surface area (Å²) in [6.45, 7) is 0.853. The largest absolute Gasteiger partial charge is 0.494 e. The van der Waals surface area contributed by atoms with Crippen LogP contribution in [-0.4, -0.2) is 30.1 Å². The Bertz CT molecular complexity index is 1040. The van der Waals surface area contributed by atoms with Crippen LogP contribution in [0.25, 0.3) is 6.08 Å². The zero-order valence-electron chi connectivity index (χ0n) is 18.5. The second-order valence-corrected chi connectivity index (χ2v) is 7.53. The van der Waals surface area contributed by atoms with Crippen LogP contribution in [0, 0.1) is 0 Å². The van der Waals surface area contributed by atoms with E-state index in [1.165, 1.54) is 6.08 Å². The van der Waals surface area contributed by atoms with E-state index in [9.17, 15) is 9.59 Å². The van der Waals surface area contributed by atoms with Crippen molar-refractivity contribution in [2.24, 2.45) is 0 Å². The molecule has 0 aliphatic rings. The van der Waals surface area contributed by atoms with Gasteiger partial charge < -0.3 is 14.6 Å². The van der Waals surface area contributed by atoms with Crippen molar-refractivity contribution in [2.75, 3.05) is 13.2 Å². The first-order valence-electron chi connectivity index (χ1n) is 11.1. The Hall–Kier alpha value is -3.70. The van der Waals surface area contributed by atoms with Crippen LogP contribution in [0.5, 0.6) is 11.5 Å². The number of carbonyl (C=O) groups is 2. The molecule has 0 saturated heterocycles. The SMILES string of the molecule is O=C(/C=C/c1ccc(C(=O)c2ccc(OCCCCCCO)cc2)cc1)Oc1ccccc1. The Kier molecular flexibility index (Phi) is 9.43. The Morgan fingerprint density at radius 3 is 2.03 bits per heavy atom. The molecule has 33 heavy (non-hydrogen) atoms. The molecule has 0 aliphatic heterocycles. The Morgan fingerprint density at radius 1 is 0.727 bits per heavy atom. The molecule has 170 valence electrons. The number of carbonyl (C=O) groups excluding carboxylic acids is 2. The minimum Gasteiger partial charge on any atom is -0.494 e. The number of unbranched alkanes of at least 4 members (excludes halogenated alkanes) is 3. The second kappa shape index (κ2) is 13.0. The molecule has 3 rings (SSSR count). The van der Waals surface area contributed by atoms with E-state index in [0.717, 1.165) is 37.0 Å². The molecule has 0 bridgehead atoms. The van der Waals surface area contributed by atoms with Crippen molar-refractivity contribution < 1.29 is 24.2 Å². The maximum atomic E-state index is 12.7. The van der Waals surface area contributed by atoms with E-state index in [0.29, 0.717) is 23.5 Å². The molecule has 3 aromatic rings. The van der Waals surface area contributed by atoms with Gasteiger partial charge in [0, 0.05) is 23.8 Å². The van der Waals surface area contributed by atoms with Crippen LogP contribution in [0.4, 0.5) is 0 Å². The predicted molar refractivity (Wildman–Crippen MR) is 128 cm³/mol. The van der Waals surface area contributed by atoms with Crippen LogP contribution < -0.4 is 9.47 Å². The van der Waals surface area contributed by atoms with E-state index in [2.05, 4.69) is 0 Å². The van der Waals surface area contributed by atoms with Gasteiger partial charge in [-0.3, -0.25) is 4.79 Å². The molecule has 0 aromatic heterocycles. The van der Waals surface area contributed by atoms with E-state index in [1.807, 2.05) is 6.07 Å². The number of aliphatic hydroxyl groups is 1. The first-order valence-corrected chi connectivity index (χ1v) is 11.1. The molecule has 0 fully saturated rings. The Balaban J connectivity index is 1.49. The monoisotopic (exact) mass is 444 g/mol. The van der Waals surface area contributed by atoms with Crippen LogP contribution in [0.2, 0.25) is 0 Å². The van der Waals surface area contributed by atoms with Crippen LogP contribution in [0.3, 0.4) is 0 Å². The molecule has 0 atom stereocenters. The number of benzene rings is 3. The molecule has 5 nitrogen and oxygen atoms in total. The fraction of sp³-hybridized carbons (Fsp3) is 0.214. The summed E-state index contributed by atoms with van der Waals surface area (Å²) in [5.41, 5.74) is 1.94. The lowest BCUT2D eigenvalue weighted by Gasteiger charge is -2.07. The van der Waals surface area contributed by atoms with Crippen molar-refractivity contribution in [1.82, 2.24) is 0 Å². The van der Waals surface area contributed by atoms with Gasteiger partial charge in [-0.25, -0.2) is 4.79 Å². The highest BCUT2D eigenvalue weighted by Crippen LogP contribution is 2.17. The highest BCUT2D eigenvalue weighted by atomic mass is 16.5. The van der Waals surface area contributed by atoms with Gasteiger partial charge in [-0.1, -0.05) is 48.9 Å². The highest BCUT2D eigenvalue weighted by molar-refractivity contribution is 6.09. The van der Waals surface area contributed by atoms with E-state index < -0.39 is 5.97 Å². The number of ketones is 1. The van der Waals surface area contributed by atoms with E-state index in [4.69, 9.17) is 14.6 Å². The number of ether oxygens (including phenoxy) is 2. The van der Waals surface area contributed by atoms with Gasteiger partial charge >= 0.3 is 5.97 Å². The average molecular weight is 445 g/mol. The molecule has 1 N–H and O–H groups in total. The Morgan fingerprint density at radius 2 is 1.36 bits per heavy atom. The Labute approximate surface area is 194 Å². The van der Waals surface area contributed by atoms with Crippen LogP contribution in [0.1, 0.15) is 47.2 Å². The standard InChI is InChI=1S/C28H28O5/c29-20-6-1-2-7-21-32-25-17-15-24(16-18-25)28(31)23-13-10-22(11-14-23)12-19-27(30)33-26-8-4-3-5-9-26/h3-5,8-19,29H,1-2,6-7,20-21H2/b19-12+. The molecule has 0 spiro atoms. The zero-order chi connectivity index (χ0) is 23.3. The van der Waals surface area contributed by atoms with Gasteiger partial charge in [0.15, 0.2) is 5.78 Å². The topological polar surface area (TPSA) is 72.8 Å². The summed E-state index contributed by atoms with van der Waals surface area (Å²) in [6.07, 6.45) is 6.79. The molecule has 0 amide bonds. The summed E-state index contributed by atoms with van der Waals surface area (Å²) < 4.78 is 10.9. The number of esters is 1. The highest BCUT2D eigenvalue weighted by Gasteiger charge is 2.09. The van der Waals surface area contributed by atoms with E-state index >= 15 is 0 Å². The molecule has 3 aromatic carbocycles. The molecule has 0 heterocycles. The summed E-state index contributed by atoms with van der Waals surface area (Å²) in [5.74, 6) is 0.678. The number of rotatable bonds is 12. The number of para-hydroxylation sites is 1. The molecular formula is C28H28O5. The van der Waals surface area contributed by atoms with E-state index in [1.54, 1.807) is 78.9 Å². The van der Waals surface area contributed by atoms with Gasteiger partial charge in [0.1, 0.15) is 11.5 Å². The normalized spacial score (nSPS) is 10.8. The van der Waals surface area contributed by atoms with Gasteiger partial charge in [0.2, 0.25) is 0 Å². The number of hydrogen-bond donors (Lipinski definition) is 1. The average Bonchev–Trinajstić information content (AvgIpc) is 2.86. The quantitative estimate of drug-likeness (QED) is 0.132. The molecule has 0 aliphatic carbocycles. The lowest BCUT2D eigenvalue weighted by atomic mass is 10.0. The summed E-state index contributed by atoms with van der Waals surface area (Å²) >= 11 is 0. The smallest absolute Gasteiger partial charge is 0.336 e. The fourth-order valence-electron chi connectivity index (χ4n) is 3.18. The zero-order valence-corrected chi connectivity index (χ0v) is 18.5. The van der Waals surface area contributed by atoms with Crippen LogP contribution in [-0.2, 0) is 4.79 Å². The number of aliphatic hydroxyl groups excluding tert-OH is 1. The van der Waals surface area contributed by atoms with Crippen molar-refractivity contribution in [3.8, 4) is 11.5 Å². The van der Waals surface area contributed by atoms with Gasteiger partial charge in [-0.15, -0.1) is 0 Å². The van der Waals surface area contributed by atoms with Crippen molar-refractivity contribution in [2.45, 2.75) is 25.7 Å². The first kappa shape index (κ1) is 24.0. The molecule has 0 saturated carbocycles. The molecule has 0 unspecified atom stereocenters. The lowest BCUT2D eigenvalue weighted by molar-refractivity contribution is -0.128. The summed E-state index contributed by atoms with van der Waals surface area (Å²) in [4.78, 5) is 24.7.